The fraction of sp³-hybridized carbons (Fsp3) is 0.448. The number of nitrogens with zero attached hydrogens (tertiary/aromatic N) is 1. The molecule has 1 fully saturated rings. The molecule has 4 rings (SSSR count). The van der Waals surface area contributed by atoms with Gasteiger partial charge in [-0.1, -0.05) is 24.0 Å². The van der Waals surface area contributed by atoms with Gasteiger partial charge < -0.3 is 20.3 Å². The smallest absolute Gasteiger partial charge is 0.393 e. The molecule has 0 spiro atoms. The zero-order valence-corrected chi connectivity index (χ0v) is 24.7. The molecule has 0 atom stereocenters. The molecular formula is C29H33F4N3O3S2. The first-order chi connectivity index (χ1) is 19.4. The van der Waals surface area contributed by atoms with Gasteiger partial charge in [-0.25, -0.2) is 12.8 Å². The highest BCUT2D eigenvalue weighted by atomic mass is 32.2. The van der Waals surface area contributed by atoms with Crippen LogP contribution < -0.4 is 15.4 Å². The average molecular weight is 612 g/mol. The molecule has 1 aliphatic rings. The number of thiophene rings is 1. The van der Waals surface area contributed by atoms with E-state index in [4.69, 9.17) is 4.74 Å². The van der Waals surface area contributed by atoms with Crippen LogP contribution in [0.5, 0.6) is 5.75 Å². The summed E-state index contributed by atoms with van der Waals surface area (Å²) in [4.78, 5) is 2.71. The monoisotopic (exact) mass is 611 g/mol. The van der Waals surface area contributed by atoms with E-state index in [-0.39, 0.29) is 28.8 Å². The lowest BCUT2D eigenvalue weighted by Crippen LogP contribution is -2.42. The van der Waals surface area contributed by atoms with Gasteiger partial charge in [-0.3, -0.25) is 0 Å². The second kappa shape index (κ2) is 12.9. The Balaban J connectivity index is 1.57. The predicted molar refractivity (Wildman–Crippen MR) is 156 cm³/mol. The highest BCUT2D eigenvalue weighted by molar-refractivity contribution is 7.90. The number of hydrogen-bond acceptors (Lipinski definition) is 7. The normalized spacial score (nSPS) is 15.1. The molecule has 0 unspecified atom stereocenters. The van der Waals surface area contributed by atoms with E-state index in [1.165, 1.54) is 29.5 Å². The van der Waals surface area contributed by atoms with E-state index in [2.05, 4.69) is 41.2 Å². The van der Waals surface area contributed by atoms with Crippen LogP contribution in [0.15, 0.2) is 41.3 Å². The van der Waals surface area contributed by atoms with Crippen molar-refractivity contribution >= 4 is 42.6 Å². The standard InChI is InChI=1S/C29H33F4N3O3S2/c1-19(2)36-14-11-20(12-15-36)35-25-7-4-6-22-23(17-29(31,32)33)27(40-28(22)25)8-5-13-34-24-10-9-21(41(3,37)38)16-26(24)39-18-30/h4,6-7,9-10,16,19-20,34-35H,11-15,17-18H2,1-3H3. The van der Waals surface area contributed by atoms with E-state index in [0.717, 1.165) is 42.6 Å². The quantitative estimate of drug-likeness (QED) is 0.214. The number of piperidine rings is 1. The van der Waals surface area contributed by atoms with Crippen LogP contribution in [0.4, 0.5) is 28.9 Å². The Morgan fingerprint density at radius 2 is 1.88 bits per heavy atom. The highest BCUT2D eigenvalue weighted by Gasteiger charge is 2.31. The van der Waals surface area contributed by atoms with E-state index in [1.54, 1.807) is 12.1 Å². The maximum Gasteiger partial charge on any atom is 0.393 e. The zero-order chi connectivity index (χ0) is 29.8. The summed E-state index contributed by atoms with van der Waals surface area (Å²) >= 11 is 1.23. The molecule has 2 aromatic carbocycles. The summed E-state index contributed by atoms with van der Waals surface area (Å²) in [7, 11) is -3.53. The van der Waals surface area contributed by atoms with Gasteiger partial charge in [0.15, 0.2) is 9.84 Å². The van der Waals surface area contributed by atoms with Crippen LogP contribution in [0.25, 0.3) is 10.1 Å². The third kappa shape index (κ3) is 8.05. The number of anilines is 2. The van der Waals surface area contributed by atoms with Crippen LogP contribution >= 0.6 is 11.3 Å². The number of hydrogen-bond donors (Lipinski definition) is 2. The Bertz CT molecular complexity index is 1530. The van der Waals surface area contributed by atoms with Crippen molar-refractivity contribution in [3.8, 4) is 17.6 Å². The van der Waals surface area contributed by atoms with E-state index >= 15 is 0 Å². The molecule has 0 radical (unpaired) electrons. The number of nitrogens with one attached hydrogen (secondary N) is 2. The van der Waals surface area contributed by atoms with Crippen LogP contribution in [-0.4, -0.2) is 64.3 Å². The first-order valence-electron chi connectivity index (χ1n) is 13.2. The number of likely N-dealkylation sites (tertiary alicyclic amines) is 1. The van der Waals surface area contributed by atoms with E-state index < -0.39 is 29.3 Å². The van der Waals surface area contributed by atoms with Gasteiger partial charge in [0.2, 0.25) is 6.86 Å². The molecular weight excluding hydrogens is 578 g/mol. The fourth-order valence-electron chi connectivity index (χ4n) is 4.86. The number of fused-ring (bicyclic) bond motifs is 1. The minimum Gasteiger partial charge on any atom is -0.461 e. The number of alkyl halides is 4. The second-order valence-electron chi connectivity index (χ2n) is 10.3. The molecule has 1 saturated heterocycles. The predicted octanol–water partition coefficient (Wildman–Crippen LogP) is 6.46. The maximum atomic E-state index is 13.6. The molecule has 0 aliphatic carbocycles. The maximum absolute atomic E-state index is 13.6. The highest BCUT2D eigenvalue weighted by Crippen LogP contribution is 2.39. The lowest BCUT2D eigenvalue weighted by Gasteiger charge is -2.35. The van der Waals surface area contributed by atoms with Crippen molar-refractivity contribution in [2.75, 3.05) is 43.4 Å². The summed E-state index contributed by atoms with van der Waals surface area (Å²) in [5, 5.41) is 7.03. The number of benzene rings is 2. The van der Waals surface area contributed by atoms with Crippen molar-refractivity contribution in [3.05, 3.63) is 46.8 Å². The van der Waals surface area contributed by atoms with E-state index in [9.17, 15) is 26.0 Å². The van der Waals surface area contributed by atoms with Gasteiger partial charge in [-0.2, -0.15) is 13.2 Å². The first kappa shape index (κ1) is 30.9. The molecule has 222 valence electrons. The van der Waals surface area contributed by atoms with Crippen LogP contribution in [0, 0.1) is 11.8 Å². The van der Waals surface area contributed by atoms with Crippen LogP contribution in [0.3, 0.4) is 0 Å². The molecule has 0 bridgehead atoms. The number of sulfone groups is 1. The Labute approximate surface area is 242 Å². The summed E-state index contributed by atoms with van der Waals surface area (Å²) in [5.41, 5.74) is 1.26. The summed E-state index contributed by atoms with van der Waals surface area (Å²) in [6.07, 6.45) is -2.57. The molecule has 1 aromatic heterocycles. The molecule has 12 heteroatoms. The van der Waals surface area contributed by atoms with Gasteiger partial charge >= 0.3 is 6.18 Å². The minimum atomic E-state index is -4.41. The van der Waals surface area contributed by atoms with Crippen molar-refractivity contribution < 1.29 is 30.7 Å². The first-order valence-corrected chi connectivity index (χ1v) is 15.9. The fourth-order valence-corrected chi connectivity index (χ4v) is 6.67. The Hall–Kier alpha value is -3.01. The van der Waals surface area contributed by atoms with E-state index in [0.29, 0.717) is 22.0 Å². The van der Waals surface area contributed by atoms with Gasteiger partial charge in [0, 0.05) is 37.5 Å². The van der Waals surface area contributed by atoms with Gasteiger partial charge in [-0.05, 0) is 55.8 Å². The number of rotatable bonds is 9. The summed E-state index contributed by atoms with van der Waals surface area (Å²) in [5.74, 6) is 5.74. The van der Waals surface area contributed by atoms with Gasteiger partial charge in [0.25, 0.3) is 0 Å². The summed E-state index contributed by atoms with van der Waals surface area (Å²) in [6, 6.07) is 10.1. The van der Waals surface area contributed by atoms with Gasteiger partial charge in [-0.15, -0.1) is 11.3 Å². The average Bonchev–Trinajstić information content (AvgIpc) is 3.24. The Morgan fingerprint density at radius 3 is 2.51 bits per heavy atom. The van der Waals surface area contributed by atoms with Crippen LogP contribution in [-0.2, 0) is 16.3 Å². The molecule has 6 nitrogen and oxygen atoms in total. The number of halogens is 4. The van der Waals surface area contributed by atoms with Gasteiger partial charge in [0.1, 0.15) is 5.75 Å². The van der Waals surface area contributed by atoms with Crippen molar-refractivity contribution in [2.24, 2.45) is 0 Å². The van der Waals surface area contributed by atoms with Crippen molar-refractivity contribution in [2.45, 2.75) is 56.3 Å². The molecule has 0 amide bonds. The topological polar surface area (TPSA) is 70.7 Å². The SMILES string of the molecule is CC(C)N1CCC(Nc2cccc3c(CC(F)(F)F)c(C#CCNc4ccc(S(C)(=O)=O)cc4OCF)sc23)CC1. The molecule has 2 heterocycles. The Morgan fingerprint density at radius 1 is 1.15 bits per heavy atom. The van der Waals surface area contributed by atoms with Crippen LogP contribution in [0.2, 0.25) is 0 Å². The lowest BCUT2D eigenvalue weighted by atomic mass is 10.0. The molecule has 3 aromatic rings. The molecule has 41 heavy (non-hydrogen) atoms. The summed E-state index contributed by atoms with van der Waals surface area (Å²) < 4.78 is 82.9. The van der Waals surface area contributed by atoms with E-state index in [1.807, 2.05) is 6.07 Å². The zero-order valence-electron chi connectivity index (χ0n) is 23.1. The largest absolute Gasteiger partial charge is 0.461 e. The third-order valence-corrected chi connectivity index (χ3v) is 9.28. The Kier molecular flexibility index (Phi) is 9.72. The van der Waals surface area contributed by atoms with Crippen molar-refractivity contribution in [1.82, 2.24) is 4.90 Å². The van der Waals surface area contributed by atoms with Crippen LogP contribution in [0.1, 0.15) is 37.1 Å². The van der Waals surface area contributed by atoms with Crippen molar-refractivity contribution in [3.63, 3.8) is 0 Å². The lowest BCUT2D eigenvalue weighted by molar-refractivity contribution is -0.126. The van der Waals surface area contributed by atoms with Crippen molar-refractivity contribution in [1.29, 1.82) is 0 Å². The van der Waals surface area contributed by atoms with Gasteiger partial charge in [0.05, 0.1) is 38.8 Å². The number of ether oxygens (including phenoxy) is 1. The summed E-state index contributed by atoms with van der Waals surface area (Å²) in [6.45, 7) is 5.13. The third-order valence-electron chi connectivity index (χ3n) is 6.98. The second-order valence-corrected chi connectivity index (χ2v) is 13.3. The molecule has 0 saturated carbocycles. The minimum absolute atomic E-state index is 0.00760. The molecule has 2 N–H and O–H groups in total. The molecule has 1 aliphatic heterocycles.